The van der Waals surface area contributed by atoms with Crippen molar-refractivity contribution >= 4 is 46.3 Å². The average Bonchev–Trinajstić information content (AvgIpc) is 2.78. The molecule has 9 nitrogen and oxygen atoms in total. The Bertz CT molecular complexity index is 1120. The largest absolute Gasteiger partial charge is 0.516 e. The lowest BCUT2D eigenvalue weighted by molar-refractivity contribution is -0.145. The molecular formula is C21H21ClN2O7S2. The fourth-order valence-electron chi connectivity index (χ4n) is 3.37. The number of ether oxygens (including phenoxy) is 2. The van der Waals surface area contributed by atoms with Crippen molar-refractivity contribution < 1.29 is 31.7 Å². The highest BCUT2D eigenvalue weighted by atomic mass is 35.5. The van der Waals surface area contributed by atoms with Gasteiger partial charge in [0.2, 0.25) is 5.91 Å². The summed E-state index contributed by atoms with van der Waals surface area (Å²) < 4.78 is 39.2. The Hall–Kier alpha value is -2.73. The number of halogens is 1. The molecule has 1 fully saturated rings. The summed E-state index contributed by atoms with van der Waals surface area (Å²) >= 11 is 1.21. The minimum absolute atomic E-state index is 0. The van der Waals surface area contributed by atoms with Crippen LogP contribution in [0.2, 0.25) is 0 Å². The minimum Gasteiger partial charge on any atom is -0.421 e. The van der Waals surface area contributed by atoms with E-state index in [2.05, 4.69) is 0 Å². The van der Waals surface area contributed by atoms with Gasteiger partial charge in [0.25, 0.3) is 5.88 Å². The smallest absolute Gasteiger partial charge is 0.421 e. The molecule has 2 aliphatic heterocycles. The topological polar surface area (TPSA) is 125 Å². The Labute approximate surface area is 201 Å². The van der Waals surface area contributed by atoms with Gasteiger partial charge in [0, 0.05) is 0 Å². The third-order valence-corrected chi connectivity index (χ3v) is 6.56. The Morgan fingerprint density at radius 3 is 2.15 bits per heavy atom. The highest BCUT2D eigenvalue weighted by Gasteiger charge is 2.52. The van der Waals surface area contributed by atoms with Gasteiger partial charge in [-0.3, -0.25) is 9.69 Å². The second kappa shape index (κ2) is 10.0. The van der Waals surface area contributed by atoms with Crippen molar-refractivity contribution in [2.24, 2.45) is 5.73 Å². The SMILES string of the molecule is CS(=O)(=O)OC1=C(OC(=O)OC(c2ccccc2)c2ccccc2)N2C(=O)C(N)[C@@H]2SC1.Cl. The monoisotopic (exact) mass is 512 g/mol. The predicted molar refractivity (Wildman–Crippen MR) is 124 cm³/mol. The summed E-state index contributed by atoms with van der Waals surface area (Å²) in [6.45, 7) is 0. The van der Waals surface area contributed by atoms with Gasteiger partial charge >= 0.3 is 16.3 Å². The number of β-lactam (4-membered cyclic amide) rings is 1. The van der Waals surface area contributed by atoms with Crippen LogP contribution in [-0.4, -0.2) is 48.8 Å². The van der Waals surface area contributed by atoms with E-state index in [-0.39, 0.29) is 29.8 Å². The molecule has 1 unspecified atom stereocenters. The third-order valence-electron chi connectivity index (χ3n) is 4.78. The predicted octanol–water partition coefficient (Wildman–Crippen LogP) is 2.74. The molecule has 0 aromatic heterocycles. The van der Waals surface area contributed by atoms with Gasteiger partial charge in [0.1, 0.15) is 11.4 Å². The Morgan fingerprint density at radius 1 is 1.09 bits per heavy atom. The second-order valence-corrected chi connectivity index (χ2v) is 9.80. The van der Waals surface area contributed by atoms with Crippen LogP contribution in [0, 0.1) is 0 Å². The van der Waals surface area contributed by atoms with E-state index >= 15 is 0 Å². The number of fused-ring (bicyclic) bond motifs is 1. The van der Waals surface area contributed by atoms with Crippen molar-refractivity contribution in [1.82, 2.24) is 4.90 Å². The van der Waals surface area contributed by atoms with Crippen LogP contribution in [0.4, 0.5) is 4.79 Å². The number of thioether (sulfide) groups is 1. The standard InChI is InChI=1S/C21H20N2O7S2.ClH/c1-32(26,27)30-15-12-31-20-16(22)18(24)23(20)19(15)29-21(25)28-17(13-8-4-2-5-9-13)14-10-6-3-7-11-14;/h2-11,16-17,20H,12,22H2,1H3;1H/t16?,20-;/m0./s1. The van der Waals surface area contributed by atoms with Crippen LogP contribution in [-0.2, 0) is 28.6 Å². The van der Waals surface area contributed by atoms with E-state index in [9.17, 15) is 18.0 Å². The maximum absolute atomic E-state index is 12.8. The number of hydrogen-bond donors (Lipinski definition) is 1. The van der Waals surface area contributed by atoms with Crippen LogP contribution in [0.5, 0.6) is 0 Å². The van der Waals surface area contributed by atoms with E-state index in [1.165, 1.54) is 11.8 Å². The van der Waals surface area contributed by atoms with E-state index in [1.54, 1.807) is 24.3 Å². The van der Waals surface area contributed by atoms with Gasteiger partial charge in [-0.1, -0.05) is 60.7 Å². The summed E-state index contributed by atoms with van der Waals surface area (Å²) in [5.41, 5.74) is 7.22. The lowest BCUT2D eigenvalue weighted by Crippen LogP contribution is -2.68. The molecule has 0 saturated carbocycles. The molecule has 2 heterocycles. The van der Waals surface area contributed by atoms with Crippen molar-refractivity contribution in [1.29, 1.82) is 0 Å². The van der Waals surface area contributed by atoms with Crippen LogP contribution in [0.1, 0.15) is 17.2 Å². The molecule has 0 aliphatic carbocycles. The van der Waals surface area contributed by atoms with Crippen molar-refractivity contribution in [2.45, 2.75) is 17.5 Å². The summed E-state index contributed by atoms with van der Waals surface area (Å²) in [6, 6.07) is 17.3. The third kappa shape index (κ3) is 5.44. The molecule has 2 aliphatic rings. The van der Waals surface area contributed by atoms with E-state index in [0.29, 0.717) is 11.1 Å². The summed E-state index contributed by atoms with van der Waals surface area (Å²) in [5, 5.41) is -0.490. The molecule has 0 spiro atoms. The fourth-order valence-corrected chi connectivity index (χ4v) is 5.12. The summed E-state index contributed by atoms with van der Waals surface area (Å²) in [5.74, 6) is -0.960. The van der Waals surface area contributed by atoms with E-state index in [4.69, 9.17) is 19.4 Å². The Morgan fingerprint density at radius 2 is 1.64 bits per heavy atom. The van der Waals surface area contributed by atoms with Crippen LogP contribution in [0.3, 0.4) is 0 Å². The molecule has 4 rings (SSSR count). The van der Waals surface area contributed by atoms with E-state index in [0.717, 1.165) is 11.2 Å². The summed E-state index contributed by atoms with van der Waals surface area (Å²) in [6.07, 6.45) is -1.05. The normalized spacial score (nSPS) is 19.8. The number of hydrogen-bond acceptors (Lipinski definition) is 9. The fraction of sp³-hybridized carbons (Fsp3) is 0.238. The van der Waals surface area contributed by atoms with E-state index < -0.39 is 39.7 Å². The molecule has 176 valence electrons. The average molecular weight is 513 g/mol. The first kappa shape index (κ1) is 24.9. The molecule has 2 aromatic rings. The van der Waals surface area contributed by atoms with Gasteiger partial charge < -0.3 is 19.4 Å². The molecular weight excluding hydrogens is 492 g/mol. The number of amides is 1. The lowest BCUT2D eigenvalue weighted by Gasteiger charge is -2.47. The molecule has 33 heavy (non-hydrogen) atoms. The molecule has 0 radical (unpaired) electrons. The van der Waals surface area contributed by atoms with Gasteiger partial charge in [-0.15, -0.1) is 24.2 Å². The maximum Gasteiger partial charge on any atom is 0.516 e. The van der Waals surface area contributed by atoms with Crippen LogP contribution in [0.25, 0.3) is 0 Å². The number of carbonyl (C=O) groups is 2. The van der Waals surface area contributed by atoms with E-state index in [1.807, 2.05) is 36.4 Å². The molecule has 2 atom stereocenters. The Kier molecular flexibility index (Phi) is 7.58. The number of benzene rings is 2. The second-order valence-electron chi connectivity index (χ2n) is 7.12. The summed E-state index contributed by atoms with van der Waals surface area (Å²) in [4.78, 5) is 26.2. The van der Waals surface area contributed by atoms with Crippen LogP contribution in [0.15, 0.2) is 72.3 Å². The van der Waals surface area contributed by atoms with Crippen LogP contribution >= 0.6 is 24.2 Å². The molecule has 2 N–H and O–H groups in total. The zero-order chi connectivity index (χ0) is 22.9. The van der Waals surface area contributed by atoms with Crippen molar-refractivity contribution in [3.05, 3.63) is 83.4 Å². The number of nitrogens with zero attached hydrogens (tertiary/aromatic N) is 1. The quantitative estimate of drug-likeness (QED) is 0.353. The zero-order valence-corrected chi connectivity index (χ0v) is 19.8. The van der Waals surface area contributed by atoms with Gasteiger partial charge in [-0.25, -0.2) is 4.79 Å². The highest BCUT2D eigenvalue weighted by molar-refractivity contribution is 8.00. The van der Waals surface area contributed by atoms with Crippen molar-refractivity contribution in [3.8, 4) is 0 Å². The Balaban J connectivity index is 0.00000306. The first-order valence-corrected chi connectivity index (χ1v) is 12.4. The molecule has 1 saturated heterocycles. The maximum atomic E-state index is 12.8. The molecule has 12 heteroatoms. The number of nitrogens with two attached hydrogens (primary N) is 1. The van der Waals surface area contributed by atoms with Crippen molar-refractivity contribution in [2.75, 3.05) is 12.0 Å². The highest BCUT2D eigenvalue weighted by Crippen LogP contribution is 2.40. The molecule has 2 aromatic carbocycles. The zero-order valence-electron chi connectivity index (χ0n) is 17.3. The number of rotatable bonds is 6. The van der Waals surface area contributed by atoms with Crippen molar-refractivity contribution in [3.63, 3.8) is 0 Å². The summed E-state index contributed by atoms with van der Waals surface area (Å²) in [7, 11) is -3.92. The number of carbonyl (C=O) groups excluding carboxylic acids is 2. The lowest BCUT2D eigenvalue weighted by atomic mass is 10.0. The van der Waals surface area contributed by atoms with Gasteiger partial charge in [-0.2, -0.15) is 8.42 Å². The first-order chi connectivity index (χ1) is 15.2. The van der Waals surface area contributed by atoms with Gasteiger partial charge in [0.05, 0.1) is 12.0 Å². The van der Waals surface area contributed by atoms with Gasteiger partial charge in [0.15, 0.2) is 11.9 Å². The molecule has 1 amide bonds. The van der Waals surface area contributed by atoms with Crippen LogP contribution < -0.4 is 5.73 Å². The minimum atomic E-state index is -3.92. The molecule has 0 bridgehead atoms. The first-order valence-electron chi connectivity index (χ1n) is 9.56. The van der Waals surface area contributed by atoms with Gasteiger partial charge in [-0.05, 0) is 11.1 Å².